The van der Waals surface area contributed by atoms with E-state index in [4.69, 9.17) is 0 Å². The van der Waals surface area contributed by atoms with E-state index < -0.39 is 11.6 Å². The quantitative estimate of drug-likeness (QED) is 0.622. The van der Waals surface area contributed by atoms with Gasteiger partial charge in [-0.2, -0.15) is 0 Å². The Morgan fingerprint density at radius 1 is 1.23 bits per heavy atom. The van der Waals surface area contributed by atoms with E-state index in [0.29, 0.717) is 5.56 Å². The van der Waals surface area contributed by atoms with Crippen LogP contribution in [0.4, 0.5) is 8.78 Å². The average molecular weight is 182 g/mol. The van der Waals surface area contributed by atoms with Gasteiger partial charge in [-0.3, -0.25) is 0 Å². The van der Waals surface area contributed by atoms with Gasteiger partial charge in [0.05, 0.1) is 0 Å². The second kappa shape index (κ2) is 3.69. The maximum Gasteiger partial charge on any atom is 0.162 e. The Kier molecular flexibility index (Phi) is 2.81. The van der Waals surface area contributed by atoms with Crippen molar-refractivity contribution in [2.75, 3.05) is 0 Å². The zero-order valence-electron chi connectivity index (χ0n) is 7.99. The van der Waals surface area contributed by atoms with Crippen molar-refractivity contribution in [3.05, 3.63) is 40.5 Å². The first-order valence-corrected chi connectivity index (χ1v) is 4.15. The molecule has 0 fully saturated rings. The van der Waals surface area contributed by atoms with Crippen LogP contribution in [0.2, 0.25) is 0 Å². The van der Waals surface area contributed by atoms with Gasteiger partial charge >= 0.3 is 0 Å². The van der Waals surface area contributed by atoms with Gasteiger partial charge in [-0.1, -0.05) is 12.2 Å². The van der Waals surface area contributed by atoms with Crippen LogP contribution in [-0.4, -0.2) is 0 Å². The van der Waals surface area contributed by atoms with Crippen LogP contribution in [0, 0.1) is 25.5 Å². The van der Waals surface area contributed by atoms with E-state index in [1.807, 2.05) is 13.0 Å². The summed E-state index contributed by atoms with van der Waals surface area (Å²) in [6.07, 6.45) is 3.60. The molecule has 70 valence electrons. The third-order valence-corrected chi connectivity index (χ3v) is 2.04. The van der Waals surface area contributed by atoms with Crippen molar-refractivity contribution >= 4 is 6.08 Å². The Labute approximate surface area is 76.9 Å². The minimum Gasteiger partial charge on any atom is -0.204 e. The van der Waals surface area contributed by atoms with Crippen molar-refractivity contribution in [1.82, 2.24) is 0 Å². The second-order valence-electron chi connectivity index (χ2n) is 3.03. The highest BCUT2D eigenvalue weighted by Gasteiger charge is 2.10. The fraction of sp³-hybridized carbons (Fsp3) is 0.273. The molecule has 0 radical (unpaired) electrons. The molecule has 0 bridgehead atoms. The van der Waals surface area contributed by atoms with Crippen LogP contribution in [0.3, 0.4) is 0 Å². The van der Waals surface area contributed by atoms with Crippen LogP contribution in [0.5, 0.6) is 0 Å². The molecule has 0 aliphatic rings. The van der Waals surface area contributed by atoms with Crippen LogP contribution < -0.4 is 0 Å². The first-order valence-electron chi connectivity index (χ1n) is 4.15. The molecule has 0 aliphatic heterocycles. The topological polar surface area (TPSA) is 0 Å². The lowest BCUT2D eigenvalue weighted by molar-refractivity contribution is 0.502. The van der Waals surface area contributed by atoms with Gasteiger partial charge in [-0.15, -0.1) is 0 Å². The molecule has 0 spiro atoms. The summed E-state index contributed by atoms with van der Waals surface area (Å²) in [5, 5.41) is 0. The maximum absolute atomic E-state index is 13.1. The van der Waals surface area contributed by atoms with Crippen molar-refractivity contribution in [1.29, 1.82) is 0 Å². The van der Waals surface area contributed by atoms with Crippen LogP contribution in [0.15, 0.2) is 12.1 Å². The smallest absolute Gasteiger partial charge is 0.162 e. The van der Waals surface area contributed by atoms with E-state index in [2.05, 4.69) is 0 Å². The van der Waals surface area contributed by atoms with Gasteiger partial charge in [0.15, 0.2) is 11.6 Å². The molecule has 0 nitrogen and oxygen atoms in total. The molecular formula is C11H12F2. The van der Waals surface area contributed by atoms with Crippen molar-refractivity contribution < 1.29 is 8.78 Å². The summed E-state index contributed by atoms with van der Waals surface area (Å²) in [5.74, 6) is -1.53. The molecule has 0 heterocycles. The summed E-state index contributed by atoms with van der Waals surface area (Å²) in [7, 11) is 0. The molecule has 0 amide bonds. The lowest BCUT2D eigenvalue weighted by atomic mass is 10.0. The summed E-state index contributed by atoms with van der Waals surface area (Å²) >= 11 is 0. The molecule has 1 aromatic rings. The Morgan fingerprint density at radius 3 is 2.38 bits per heavy atom. The monoisotopic (exact) mass is 182 g/mol. The van der Waals surface area contributed by atoms with Gasteiger partial charge in [0, 0.05) is 0 Å². The minimum atomic E-state index is -0.775. The third kappa shape index (κ3) is 1.77. The predicted molar refractivity (Wildman–Crippen MR) is 50.5 cm³/mol. The van der Waals surface area contributed by atoms with Gasteiger partial charge in [0.2, 0.25) is 0 Å². The number of rotatable bonds is 1. The molecule has 0 aromatic heterocycles. The first kappa shape index (κ1) is 9.90. The number of hydrogen-bond donors (Lipinski definition) is 0. The molecule has 2 heteroatoms. The molecule has 1 rings (SSSR count). The number of hydrogen-bond acceptors (Lipinski definition) is 0. The second-order valence-corrected chi connectivity index (χ2v) is 3.03. The fourth-order valence-corrected chi connectivity index (χ4v) is 1.35. The number of aryl methyl sites for hydroxylation is 1. The molecule has 0 N–H and O–H groups in total. The normalized spacial score (nSPS) is 11.2. The van der Waals surface area contributed by atoms with E-state index in [1.54, 1.807) is 19.9 Å². The largest absolute Gasteiger partial charge is 0.204 e. The van der Waals surface area contributed by atoms with Crippen molar-refractivity contribution in [3.8, 4) is 0 Å². The molecule has 0 unspecified atom stereocenters. The number of halogens is 2. The molecule has 0 aliphatic carbocycles. The van der Waals surface area contributed by atoms with Crippen LogP contribution in [-0.2, 0) is 0 Å². The molecule has 0 saturated heterocycles. The van der Waals surface area contributed by atoms with Gasteiger partial charge in [-0.25, -0.2) is 8.78 Å². The van der Waals surface area contributed by atoms with Crippen LogP contribution in [0.25, 0.3) is 6.08 Å². The van der Waals surface area contributed by atoms with E-state index in [9.17, 15) is 8.78 Å². The Bertz CT molecular complexity index is 352. The van der Waals surface area contributed by atoms with E-state index in [1.165, 1.54) is 6.07 Å². The Balaban J connectivity index is 3.43. The van der Waals surface area contributed by atoms with Gasteiger partial charge in [0.25, 0.3) is 0 Å². The summed E-state index contributed by atoms with van der Waals surface area (Å²) < 4.78 is 25.9. The van der Waals surface area contributed by atoms with Crippen LogP contribution >= 0.6 is 0 Å². The number of allylic oxidation sites excluding steroid dienone is 1. The zero-order chi connectivity index (χ0) is 10.0. The molecule has 0 saturated carbocycles. The highest BCUT2D eigenvalue weighted by Crippen LogP contribution is 2.21. The zero-order valence-corrected chi connectivity index (χ0v) is 7.99. The highest BCUT2D eigenvalue weighted by molar-refractivity contribution is 5.57. The summed E-state index contributed by atoms with van der Waals surface area (Å²) in [4.78, 5) is 0. The number of benzene rings is 1. The van der Waals surface area contributed by atoms with Crippen LogP contribution in [0.1, 0.15) is 23.6 Å². The first-order chi connectivity index (χ1) is 6.07. The summed E-state index contributed by atoms with van der Waals surface area (Å²) in [5.41, 5.74) is 1.89. The third-order valence-electron chi connectivity index (χ3n) is 2.04. The standard InChI is InChI=1S/C11H12F2/c1-4-5-9-7(2)6-10(12)11(13)8(9)3/h4-6H,1-3H3/b5-4-. The van der Waals surface area contributed by atoms with Crippen molar-refractivity contribution in [3.63, 3.8) is 0 Å². The SMILES string of the molecule is C/C=C\c1c(C)cc(F)c(F)c1C. The van der Waals surface area contributed by atoms with Gasteiger partial charge < -0.3 is 0 Å². The summed E-state index contributed by atoms with van der Waals surface area (Å²) in [6.45, 7) is 5.20. The van der Waals surface area contributed by atoms with E-state index in [-0.39, 0.29) is 0 Å². The molecule has 13 heavy (non-hydrogen) atoms. The van der Waals surface area contributed by atoms with Crippen molar-refractivity contribution in [2.24, 2.45) is 0 Å². The Hall–Kier alpha value is -1.18. The average Bonchev–Trinajstić information content (AvgIpc) is 2.09. The highest BCUT2D eigenvalue weighted by atomic mass is 19.2. The van der Waals surface area contributed by atoms with E-state index in [0.717, 1.165) is 11.1 Å². The molecular weight excluding hydrogens is 170 g/mol. The lowest BCUT2D eigenvalue weighted by Gasteiger charge is -2.06. The molecule has 1 aromatic carbocycles. The van der Waals surface area contributed by atoms with Crippen molar-refractivity contribution in [2.45, 2.75) is 20.8 Å². The minimum absolute atomic E-state index is 0.371. The van der Waals surface area contributed by atoms with Gasteiger partial charge in [-0.05, 0) is 43.5 Å². The maximum atomic E-state index is 13.1. The lowest BCUT2D eigenvalue weighted by Crippen LogP contribution is -1.95. The predicted octanol–water partition coefficient (Wildman–Crippen LogP) is 3.61. The van der Waals surface area contributed by atoms with Gasteiger partial charge in [0.1, 0.15) is 0 Å². The summed E-state index contributed by atoms with van der Waals surface area (Å²) in [6, 6.07) is 1.22. The molecule has 0 atom stereocenters. The van der Waals surface area contributed by atoms with E-state index >= 15 is 0 Å². The Morgan fingerprint density at radius 2 is 1.85 bits per heavy atom. The fourth-order valence-electron chi connectivity index (χ4n) is 1.35.